The largest absolute Gasteiger partial charge is 0.249 e. The molecular weight excluding hydrogens is 174 g/mol. The molecule has 0 unspecified atom stereocenters. The number of nitrogens with zero attached hydrogens (tertiary/aromatic N) is 1. The van der Waals surface area contributed by atoms with E-state index in [1.54, 1.807) is 11.3 Å². The molecule has 1 aromatic rings. The number of thiol groups is 1. The quantitative estimate of drug-likeness (QED) is 0.718. The van der Waals surface area contributed by atoms with Gasteiger partial charge in [-0.25, -0.2) is 4.98 Å². The van der Waals surface area contributed by atoms with E-state index in [1.807, 2.05) is 6.20 Å². The number of rotatable bonds is 3. The first-order valence-electron chi connectivity index (χ1n) is 3.79. The van der Waals surface area contributed by atoms with Crippen LogP contribution in [0, 0.1) is 0 Å². The Bertz CT molecular complexity index is 218. The van der Waals surface area contributed by atoms with E-state index in [9.17, 15) is 0 Å². The van der Waals surface area contributed by atoms with Gasteiger partial charge in [0.2, 0.25) is 0 Å². The summed E-state index contributed by atoms with van der Waals surface area (Å²) in [6, 6.07) is 0. The highest BCUT2D eigenvalue weighted by Crippen LogP contribution is 2.21. The lowest BCUT2D eigenvalue weighted by Crippen LogP contribution is -1.81. The Morgan fingerprint density at radius 1 is 1.64 bits per heavy atom. The molecule has 1 nitrogen and oxygen atoms in total. The van der Waals surface area contributed by atoms with Crippen molar-refractivity contribution in [3.63, 3.8) is 0 Å². The van der Waals surface area contributed by atoms with Gasteiger partial charge in [-0.1, -0.05) is 13.8 Å². The van der Waals surface area contributed by atoms with Crippen molar-refractivity contribution < 1.29 is 0 Å². The minimum Gasteiger partial charge on any atom is -0.249 e. The van der Waals surface area contributed by atoms with Gasteiger partial charge < -0.3 is 0 Å². The monoisotopic (exact) mass is 187 g/mol. The Balaban J connectivity index is 2.66. The zero-order valence-electron chi connectivity index (χ0n) is 6.87. The lowest BCUT2D eigenvalue weighted by atomic mass is 10.2. The van der Waals surface area contributed by atoms with E-state index in [0.717, 1.165) is 12.2 Å². The van der Waals surface area contributed by atoms with Crippen LogP contribution in [0.25, 0.3) is 0 Å². The molecular formula is C8H13NS2. The predicted octanol–water partition coefficient (Wildman–Crippen LogP) is 2.74. The van der Waals surface area contributed by atoms with Gasteiger partial charge in [0.05, 0.1) is 5.01 Å². The minimum atomic E-state index is 0.564. The van der Waals surface area contributed by atoms with Crippen molar-refractivity contribution in [1.29, 1.82) is 0 Å². The second-order valence-corrected chi connectivity index (χ2v) is 4.39. The third kappa shape index (κ3) is 2.49. The molecule has 0 bridgehead atoms. The Hall–Kier alpha value is -0.0200. The van der Waals surface area contributed by atoms with Gasteiger partial charge in [-0.2, -0.15) is 12.6 Å². The molecule has 0 aliphatic heterocycles. The van der Waals surface area contributed by atoms with Crippen LogP contribution in [0.3, 0.4) is 0 Å². The summed E-state index contributed by atoms with van der Waals surface area (Å²) in [5.41, 5.74) is 0. The molecule has 0 aliphatic carbocycles. The molecule has 0 N–H and O–H groups in total. The highest BCUT2D eigenvalue weighted by molar-refractivity contribution is 7.80. The third-order valence-electron chi connectivity index (χ3n) is 1.42. The number of hydrogen-bond acceptors (Lipinski definition) is 3. The van der Waals surface area contributed by atoms with Gasteiger partial charge >= 0.3 is 0 Å². The topological polar surface area (TPSA) is 12.9 Å². The first kappa shape index (κ1) is 9.07. The first-order chi connectivity index (χ1) is 5.24. The van der Waals surface area contributed by atoms with Crippen LogP contribution < -0.4 is 0 Å². The van der Waals surface area contributed by atoms with Crippen molar-refractivity contribution in [2.45, 2.75) is 26.2 Å². The van der Waals surface area contributed by atoms with Crippen LogP contribution in [-0.4, -0.2) is 10.7 Å². The van der Waals surface area contributed by atoms with Crippen molar-refractivity contribution in [1.82, 2.24) is 4.98 Å². The van der Waals surface area contributed by atoms with E-state index in [1.165, 1.54) is 9.88 Å². The molecule has 0 fully saturated rings. The number of aryl methyl sites for hydroxylation is 1. The summed E-state index contributed by atoms with van der Waals surface area (Å²) >= 11 is 5.98. The van der Waals surface area contributed by atoms with Gasteiger partial charge in [0.1, 0.15) is 0 Å². The van der Waals surface area contributed by atoms with E-state index in [4.69, 9.17) is 0 Å². The Labute approximate surface area is 77.3 Å². The zero-order chi connectivity index (χ0) is 8.27. The molecule has 11 heavy (non-hydrogen) atoms. The minimum absolute atomic E-state index is 0.564. The maximum absolute atomic E-state index is 4.32. The lowest BCUT2D eigenvalue weighted by Gasteiger charge is -1.95. The van der Waals surface area contributed by atoms with Gasteiger partial charge in [-0.3, -0.25) is 0 Å². The average Bonchev–Trinajstić information content (AvgIpc) is 2.37. The second-order valence-electron chi connectivity index (χ2n) is 2.79. The van der Waals surface area contributed by atoms with Gasteiger partial charge in [0.15, 0.2) is 0 Å². The predicted molar refractivity (Wildman–Crippen MR) is 53.8 cm³/mol. The smallest absolute Gasteiger partial charge is 0.0953 e. The number of aromatic nitrogens is 1. The summed E-state index contributed by atoms with van der Waals surface area (Å²) in [6.45, 7) is 4.34. The Morgan fingerprint density at radius 2 is 2.36 bits per heavy atom. The number of hydrogen-bond donors (Lipinski definition) is 1. The second kappa shape index (κ2) is 4.12. The van der Waals surface area contributed by atoms with Gasteiger partial charge in [-0.05, 0) is 12.2 Å². The van der Waals surface area contributed by atoms with Gasteiger partial charge in [-0.15, -0.1) is 11.3 Å². The molecule has 0 atom stereocenters. The molecule has 0 saturated heterocycles. The summed E-state index contributed by atoms with van der Waals surface area (Å²) in [5, 5.41) is 1.24. The fourth-order valence-electron chi connectivity index (χ4n) is 0.815. The van der Waals surface area contributed by atoms with Crippen LogP contribution in [0.15, 0.2) is 6.20 Å². The molecule has 0 aliphatic rings. The highest BCUT2D eigenvalue weighted by Gasteiger charge is 2.04. The molecule has 0 aromatic carbocycles. The van der Waals surface area contributed by atoms with E-state index >= 15 is 0 Å². The first-order valence-corrected chi connectivity index (χ1v) is 5.24. The molecule has 62 valence electrons. The van der Waals surface area contributed by atoms with Crippen molar-refractivity contribution in [2.75, 3.05) is 5.75 Å². The molecule has 0 saturated carbocycles. The number of thiazole rings is 1. The maximum atomic E-state index is 4.32. The van der Waals surface area contributed by atoms with Crippen LogP contribution >= 0.6 is 24.0 Å². The maximum Gasteiger partial charge on any atom is 0.0953 e. The van der Waals surface area contributed by atoms with Crippen LogP contribution in [0.5, 0.6) is 0 Å². The molecule has 1 heterocycles. The normalized spacial score (nSPS) is 10.9. The molecule has 3 heteroatoms. The van der Waals surface area contributed by atoms with Crippen molar-refractivity contribution in [3.05, 3.63) is 16.1 Å². The van der Waals surface area contributed by atoms with Crippen LogP contribution in [0.4, 0.5) is 0 Å². The van der Waals surface area contributed by atoms with E-state index in [0.29, 0.717) is 5.92 Å². The summed E-state index contributed by atoms with van der Waals surface area (Å²) in [6.07, 6.45) is 3.02. The third-order valence-corrected chi connectivity index (χ3v) is 3.00. The van der Waals surface area contributed by atoms with Crippen molar-refractivity contribution in [2.24, 2.45) is 0 Å². The summed E-state index contributed by atoms with van der Waals surface area (Å²) < 4.78 is 0. The molecule has 1 aromatic heterocycles. The average molecular weight is 187 g/mol. The molecule has 1 rings (SSSR count). The SMILES string of the molecule is CC(C)c1ncc(CCS)s1. The van der Waals surface area contributed by atoms with Crippen LogP contribution in [0.1, 0.15) is 29.7 Å². The molecule has 0 spiro atoms. The fourth-order valence-corrected chi connectivity index (χ4v) is 2.13. The zero-order valence-corrected chi connectivity index (χ0v) is 8.58. The van der Waals surface area contributed by atoms with Crippen molar-refractivity contribution in [3.8, 4) is 0 Å². The standard InChI is InChI=1S/C8H13NS2/c1-6(2)8-9-5-7(11-8)3-4-10/h5-6,10H,3-4H2,1-2H3. The lowest BCUT2D eigenvalue weighted by molar-refractivity contribution is 0.852. The van der Waals surface area contributed by atoms with Crippen LogP contribution in [-0.2, 0) is 6.42 Å². The van der Waals surface area contributed by atoms with Crippen molar-refractivity contribution >= 4 is 24.0 Å². The van der Waals surface area contributed by atoms with E-state index in [-0.39, 0.29) is 0 Å². The van der Waals surface area contributed by atoms with E-state index < -0.39 is 0 Å². The van der Waals surface area contributed by atoms with Crippen LogP contribution in [0.2, 0.25) is 0 Å². The highest BCUT2D eigenvalue weighted by atomic mass is 32.1. The Morgan fingerprint density at radius 3 is 2.82 bits per heavy atom. The van der Waals surface area contributed by atoms with Gasteiger partial charge in [0.25, 0.3) is 0 Å². The van der Waals surface area contributed by atoms with Gasteiger partial charge in [0, 0.05) is 17.0 Å². The summed E-state index contributed by atoms with van der Waals surface area (Å²) in [7, 11) is 0. The Kier molecular flexibility index (Phi) is 3.40. The molecule has 0 amide bonds. The van der Waals surface area contributed by atoms with E-state index in [2.05, 4.69) is 31.5 Å². The molecule has 0 radical (unpaired) electrons. The summed E-state index contributed by atoms with van der Waals surface area (Å²) in [4.78, 5) is 5.67. The fraction of sp³-hybridized carbons (Fsp3) is 0.625. The summed E-state index contributed by atoms with van der Waals surface area (Å²) in [5.74, 6) is 1.48.